The van der Waals surface area contributed by atoms with Gasteiger partial charge in [-0.3, -0.25) is 9.59 Å². The van der Waals surface area contributed by atoms with Crippen LogP contribution in [0.4, 0.5) is 10.5 Å². The first-order chi connectivity index (χ1) is 12.7. The first kappa shape index (κ1) is 19.0. The molecule has 3 rings (SSSR count). The van der Waals surface area contributed by atoms with E-state index in [0.717, 1.165) is 0 Å². The van der Waals surface area contributed by atoms with E-state index >= 15 is 0 Å². The lowest BCUT2D eigenvalue weighted by Crippen LogP contribution is -2.56. The predicted molar refractivity (Wildman–Crippen MR) is 101 cm³/mol. The number of hydrogen-bond acceptors (Lipinski definition) is 4. The Morgan fingerprint density at radius 2 is 1.70 bits per heavy atom. The molecule has 1 aromatic rings. The van der Waals surface area contributed by atoms with Gasteiger partial charge in [-0.05, 0) is 39.0 Å². The van der Waals surface area contributed by atoms with Crippen molar-refractivity contribution in [2.24, 2.45) is 0 Å². The fourth-order valence-electron chi connectivity index (χ4n) is 3.10. The number of nitrogens with one attached hydrogen (secondary N) is 1. The molecule has 146 valence electrons. The molecule has 0 unspecified atom stereocenters. The number of carbonyl (C=O) groups excluding carboxylic acids is 3. The number of anilines is 1. The van der Waals surface area contributed by atoms with Gasteiger partial charge in [-0.2, -0.15) is 0 Å². The van der Waals surface area contributed by atoms with Crippen LogP contribution in [0.25, 0.3) is 0 Å². The van der Waals surface area contributed by atoms with Gasteiger partial charge in [-0.15, -0.1) is 0 Å². The second-order valence-electron chi connectivity index (χ2n) is 7.88. The lowest BCUT2D eigenvalue weighted by atomic mass is 10.1. The fraction of sp³-hybridized carbons (Fsp3) is 0.526. The standard InChI is InChI=1S/C19H26N4O4/c1-19(2,3)20-18(26)23-9-7-22(8-10-23)17(25)13-5-6-15-14(11-13)21(4)16(24)12-27-15/h5-6,11H,7-10,12H2,1-4H3,(H,20,26). The topological polar surface area (TPSA) is 82.2 Å². The van der Waals surface area contributed by atoms with Crippen molar-refractivity contribution in [2.45, 2.75) is 26.3 Å². The highest BCUT2D eigenvalue weighted by Crippen LogP contribution is 2.32. The van der Waals surface area contributed by atoms with Crippen LogP contribution in [0.1, 0.15) is 31.1 Å². The number of piperazine rings is 1. The first-order valence-corrected chi connectivity index (χ1v) is 9.05. The SMILES string of the molecule is CN1C(=O)COc2ccc(C(=O)N3CCN(C(=O)NC(C)(C)C)CC3)cc21. The van der Waals surface area contributed by atoms with Gasteiger partial charge in [0.15, 0.2) is 6.61 Å². The molecule has 1 fully saturated rings. The fourth-order valence-corrected chi connectivity index (χ4v) is 3.10. The van der Waals surface area contributed by atoms with Crippen molar-refractivity contribution in [3.8, 4) is 5.75 Å². The van der Waals surface area contributed by atoms with E-state index in [0.29, 0.717) is 43.2 Å². The minimum absolute atomic E-state index is 0.00931. The zero-order valence-corrected chi connectivity index (χ0v) is 16.2. The molecule has 2 aliphatic heterocycles. The number of carbonyl (C=O) groups is 3. The van der Waals surface area contributed by atoms with Crippen molar-refractivity contribution in [3.63, 3.8) is 0 Å². The molecule has 0 aliphatic carbocycles. The highest BCUT2D eigenvalue weighted by Gasteiger charge is 2.28. The number of fused-ring (bicyclic) bond motifs is 1. The molecule has 2 aliphatic rings. The summed E-state index contributed by atoms with van der Waals surface area (Å²) in [6.45, 7) is 7.73. The minimum Gasteiger partial charge on any atom is -0.482 e. The van der Waals surface area contributed by atoms with Gasteiger partial charge in [-0.25, -0.2) is 4.79 Å². The van der Waals surface area contributed by atoms with E-state index in [9.17, 15) is 14.4 Å². The van der Waals surface area contributed by atoms with Gasteiger partial charge in [0, 0.05) is 44.3 Å². The number of ether oxygens (including phenoxy) is 1. The van der Waals surface area contributed by atoms with Crippen LogP contribution in [0, 0.1) is 0 Å². The van der Waals surface area contributed by atoms with E-state index < -0.39 is 0 Å². The van der Waals surface area contributed by atoms with Crippen LogP contribution in [0.15, 0.2) is 18.2 Å². The molecule has 8 nitrogen and oxygen atoms in total. The highest BCUT2D eigenvalue weighted by atomic mass is 16.5. The summed E-state index contributed by atoms with van der Waals surface area (Å²) in [7, 11) is 1.67. The van der Waals surface area contributed by atoms with E-state index in [-0.39, 0.29) is 30.0 Å². The zero-order valence-electron chi connectivity index (χ0n) is 16.2. The molecule has 0 atom stereocenters. The quantitative estimate of drug-likeness (QED) is 0.804. The summed E-state index contributed by atoms with van der Waals surface area (Å²) in [5.74, 6) is 0.336. The highest BCUT2D eigenvalue weighted by molar-refractivity contribution is 6.01. The van der Waals surface area contributed by atoms with Crippen LogP contribution in [0.2, 0.25) is 0 Å². The van der Waals surface area contributed by atoms with Gasteiger partial charge in [0.05, 0.1) is 5.69 Å². The first-order valence-electron chi connectivity index (χ1n) is 9.05. The average molecular weight is 374 g/mol. The number of nitrogens with zero attached hydrogens (tertiary/aromatic N) is 3. The van der Waals surface area contributed by atoms with E-state index in [4.69, 9.17) is 4.74 Å². The third kappa shape index (κ3) is 4.15. The lowest BCUT2D eigenvalue weighted by Gasteiger charge is -2.36. The molecular formula is C19H26N4O4. The molecule has 0 saturated carbocycles. The van der Waals surface area contributed by atoms with Gasteiger partial charge < -0.3 is 24.8 Å². The monoisotopic (exact) mass is 374 g/mol. The molecule has 0 spiro atoms. The van der Waals surface area contributed by atoms with Crippen molar-refractivity contribution < 1.29 is 19.1 Å². The number of urea groups is 1. The molecule has 0 aromatic heterocycles. The smallest absolute Gasteiger partial charge is 0.317 e. The Morgan fingerprint density at radius 1 is 1.07 bits per heavy atom. The Morgan fingerprint density at radius 3 is 2.33 bits per heavy atom. The Hall–Kier alpha value is -2.77. The Bertz CT molecular complexity index is 763. The summed E-state index contributed by atoms with van der Waals surface area (Å²) >= 11 is 0. The molecular weight excluding hydrogens is 348 g/mol. The van der Waals surface area contributed by atoms with E-state index in [1.807, 2.05) is 20.8 Å². The predicted octanol–water partition coefficient (Wildman–Crippen LogP) is 1.31. The third-order valence-electron chi connectivity index (χ3n) is 4.63. The van der Waals surface area contributed by atoms with Crippen molar-refractivity contribution in [3.05, 3.63) is 23.8 Å². The van der Waals surface area contributed by atoms with Gasteiger partial charge in [0.2, 0.25) is 0 Å². The summed E-state index contributed by atoms with van der Waals surface area (Å²) in [6, 6.07) is 5.01. The second-order valence-corrected chi connectivity index (χ2v) is 7.88. The van der Waals surface area contributed by atoms with E-state index in [1.54, 1.807) is 35.0 Å². The van der Waals surface area contributed by atoms with Crippen molar-refractivity contribution in [1.82, 2.24) is 15.1 Å². The normalized spacial score (nSPS) is 17.3. The van der Waals surface area contributed by atoms with Crippen LogP contribution in [-0.4, -0.2) is 73.0 Å². The summed E-state index contributed by atoms with van der Waals surface area (Å²) in [5.41, 5.74) is 0.811. The van der Waals surface area contributed by atoms with Crippen LogP contribution in [0.5, 0.6) is 5.75 Å². The maximum atomic E-state index is 12.8. The lowest BCUT2D eigenvalue weighted by molar-refractivity contribution is -0.120. The van der Waals surface area contributed by atoms with E-state index in [1.165, 1.54) is 4.90 Å². The Labute approximate surface area is 159 Å². The summed E-state index contributed by atoms with van der Waals surface area (Å²) < 4.78 is 5.40. The van der Waals surface area contributed by atoms with Crippen LogP contribution >= 0.6 is 0 Å². The maximum Gasteiger partial charge on any atom is 0.317 e. The molecule has 2 heterocycles. The average Bonchev–Trinajstić information content (AvgIpc) is 2.63. The van der Waals surface area contributed by atoms with Gasteiger partial charge >= 0.3 is 6.03 Å². The Kier molecular flexibility index (Phi) is 4.99. The number of benzene rings is 1. The molecule has 8 heteroatoms. The van der Waals surface area contributed by atoms with Gasteiger partial charge in [0.25, 0.3) is 11.8 Å². The van der Waals surface area contributed by atoms with Crippen molar-refractivity contribution in [2.75, 3.05) is 44.7 Å². The number of amides is 4. The largest absolute Gasteiger partial charge is 0.482 e. The van der Waals surface area contributed by atoms with E-state index in [2.05, 4.69) is 5.32 Å². The molecule has 1 N–H and O–H groups in total. The number of rotatable bonds is 1. The van der Waals surface area contributed by atoms with Gasteiger partial charge in [-0.1, -0.05) is 0 Å². The second kappa shape index (κ2) is 7.09. The van der Waals surface area contributed by atoms with Crippen LogP contribution in [0.3, 0.4) is 0 Å². The van der Waals surface area contributed by atoms with Gasteiger partial charge in [0.1, 0.15) is 5.75 Å². The molecule has 0 radical (unpaired) electrons. The minimum atomic E-state index is -0.293. The maximum absolute atomic E-state index is 12.8. The molecule has 0 bridgehead atoms. The number of likely N-dealkylation sites (N-methyl/N-ethyl adjacent to an activating group) is 1. The van der Waals surface area contributed by atoms with Crippen molar-refractivity contribution in [1.29, 1.82) is 0 Å². The summed E-state index contributed by atoms with van der Waals surface area (Å²) in [5, 5.41) is 2.94. The third-order valence-corrected chi connectivity index (χ3v) is 4.63. The van der Waals surface area contributed by atoms with Crippen LogP contribution < -0.4 is 15.0 Å². The van der Waals surface area contributed by atoms with Crippen LogP contribution in [-0.2, 0) is 4.79 Å². The van der Waals surface area contributed by atoms with Crippen molar-refractivity contribution >= 4 is 23.5 Å². The molecule has 27 heavy (non-hydrogen) atoms. The Balaban J connectivity index is 1.65. The summed E-state index contributed by atoms with van der Waals surface area (Å²) in [4.78, 5) is 41.8. The molecule has 4 amide bonds. The number of hydrogen-bond donors (Lipinski definition) is 1. The summed E-state index contributed by atoms with van der Waals surface area (Å²) in [6.07, 6.45) is 0. The zero-order chi connectivity index (χ0) is 19.8. The molecule has 1 saturated heterocycles. The molecule has 1 aromatic carbocycles.